The van der Waals surface area contributed by atoms with Crippen LogP contribution in [-0.4, -0.2) is 19.6 Å². The van der Waals surface area contributed by atoms with Crippen LogP contribution in [-0.2, 0) is 16.4 Å². The fraction of sp³-hybridized carbons (Fsp3) is 0.500. The highest BCUT2D eigenvalue weighted by molar-refractivity contribution is 7.89. The molecule has 0 spiro atoms. The van der Waals surface area contributed by atoms with Crippen LogP contribution in [0.1, 0.15) is 93.2 Å². The average molecular weight is 416 g/mol. The van der Waals surface area contributed by atoms with Crippen molar-refractivity contribution in [2.24, 2.45) is 0 Å². The van der Waals surface area contributed by atoms with E-state index in [1.165, 1.54) is 0 Å². The Hall–Kier alpha value is -1.69. The third-order valence-corrected chi connectivity index (χ3v) is 7.41. The molecule has 0 heterocycles. The van der Waals surface area contributed by atoms with Gasteiger partial charge in [-0.15, -0.1) is 0 Å². The van der Waals surface area contributed by atoms with Crippen molar-refractivity contribution in [2.75, 3.05) is 0 Å². The van der Waals surface area contributed by atoms with E-state index >= 15 is 0 Å². The van der Waals surface area contributed by atoms with Gasteiger partial charge in [-0.25, -0.2) is 13.1 Å². The van der Waals surface area contributed by atoms with Crippen molar-refractivity contribution < 1.29 is 13.5 Å². The molecular weight excluding hydrogens is 382 g/mol. The van der Waals surface area contributed by atoms with E-state index < -0.39 is 22.2 Å². The Bertz CT molecular complexity index is 964. The molecule has 0 radical (unpaired) electrons. The Kier molecular flexibility index (Phi) is 6.23. The maximum atomic E-state index is 13.7. The maximum Gasteiger partial charge on any atom is 0.241 e. The Morgan fingerprint density at radius 3 is 2.00 bits per heavy atom. The Morgan fingerprint density at radius 2 is 1.48 bits per heavy atom. The van der Waals surface area contributed by atoms with Gasteiger partial charge < -0.3 is 5.11 Å². The molecule has 158 valence electrons. The summed E-state index contributed by atoms with van der Waals surface area (Å²) in [5.74, 6) is 0.454. The van der Waals surface area contributed by atoms with Gasteiger partial charge in [0.15, 0.2) is 0 Å². The summed E-state index contributed by atoms with van der Waals surface area (Å²) < 4.78 is 30.1. The number of aliphatic hydroxyl groups excluding tert-OH is 1. The number of nitrogens with one attached hydrogen (secondary N) is 1. The Morgan fingerprint density at radius 1 is 0.931 bits per heavy atom. The zero-order chi connectivity index (χ0) is 21.5. The van der Waals surface area contributed by atoms with E-state index in [9.17, 15) is 13.5 Å². The molecule has 29 heavy (non-hydrogen) atoms. The molecule has 2 atom stereocenters. The summed E-state index contributed by atoms with van der Waals surface area (Å²) in [5.41, 5.74) is 4.69. The number of aliphatic hydroxyl groups is 1. The third-order valence-electron chi connectivity index (χ3n) is 5.83. The fourth-order valence-electron chi connectivity index (χ4n) is 4.14. The van der Waals surface area contributed by atoms with E-state index in [0.717, 1.165) is 27.8 Å². The molecule has 0 fully saturated rings. The van der Waals surface area contributed by atoms with E-state index in [1.807, 2.05) is 64.1 Å². The molecule has 2 aromatic rings. The molecular formula is C24H33NO3S. The van der Waals surface area contributed by atoms with Gasteiger partial charge >= 0.3 is 0 Å². The minimum atomic E-state index is -3.82. The lowest BCUT2D eigenvalue weighted by Crippen LogP contribution is -2.35. The first kappa shape index (κ1) is 22.0. The lowest BCUT2D eigenvalue weighted by molar-refractivity contribution is 0.151. The van der Waals surface area contributed by atoms with Gasteiger partial charge in [0.2, 0.25) is 10.0 Å². The first-order valence-electron chi connectivity index (χ1n) is 10.5. The Labute approximate surface area is 175 Å². The summed E-state index contributed by atoms with van der Waals surface area (Å²) in [7, 11) is -3.82. The lowest BCUT2D eigenvalue weighted by Gasteiger charge is -2.25. The van der Waals surface area contributed by atoms with Crippen LogP contribution >= 0.6 is 0 Å². The highest BCUT2D eigenvalue weighted by Crippen LogP contribution is 2.37. The van der Waals surface area contributed by atoms with E-state index in [-0.39, 0.29) is 11.8 Å². The second-order valence-corrected chi connectivity index (χ2v) is 10.7. The molecule has 4 nitrogen and oxygen atoms in total. The summed E-state index contributed by atoms with van der Waals surface area (Å²) in [6, 6.07) is 11.1. The molecule has 3 rings (SSSR count). The predicted octanol–water partition coefficient (Wildman–Crippen LogP) is 4.99. The summed E-state index contributed by atoms with van der Waals surface area (Å²) in [5, 5.41) is 10.6. The second-order valence-electron chi connectivity index (χ2n) is 9.06. The smallest absolute Gasteiger partial charge is 0.241 e. The van der Waals surface area contributed by atoms with Crippen molar-refractivity contribution in [1.82, 2.24) is 4.72 Å². The van der Waals surface area contributed by atoms with Crippen molar-refractivity contribution >= 4 is 10.0 Å². The van der Waals surface area contributed by atoms with Crippen LogP contribution in [0.4, 0.5) is 0 Å². The van der Waals surface area contributed by atoms with Crippen LogP contribution in [0.5, 0.6) is 0 Å². The standard InChI is InChI=1S/C24H33NO3S/c1-14(2)18-11-20(15(3)4)24(21(12-18)16(5)6)29(27,28)25-23-19-10-8-7-9-17(19)13-22(23)26/h7-12,14-16,22-23,25-26H,13H2,1-6H3/t22-,23+/m0/s1. The molecule has 1 aliphatic carbocycles. The number of hydrogen-bond donors (Lipinski definition) is 2. The average Bonchev–Trinajstić information content (AvgIpc) is 2.95. The van der Waals surface area contributed by atoms with Crippen LogP contribution in [0.3, 0.4) is 0 Å². The summed E-state index contributed by atoms with van der Waals surface area (Å²) in [6.07, 6.45) is -0.300. The van der Waals surface area contributed by atoms with Crippen molar-refractivity contribution in [3.05, 3.63) is 64.2 Å². The van der Waals surface area contributed by atoms with Crippen LogP contribution in [0.2, 0.25) is 0 Å². The van der Waals surface area contributed by atoms with E-state index in [2.05, 4.69) is 18.6 Å². The normalized spacial score (nSPS) is 19.4. The lowest BCUT2D eigenvalue weighted by atomic mass is 9.89. The number of fused-ring (bicyclic) bond motifs is 1. The highest BCUT2D eigenvalue weighted by atomic mass is 32.2. The molecule has 5 heteroatoms. The van der Waals surface area contributed by atoms with Crippen molar-refractivity contribution in [3.8, 4) is 0 Å². The largest absolute Gasteiger partial charge is 0.391 e. The molecule has 0 amide bonds. The maximum absolute atomic E-state index is 13.7. The summed E-state index contributed by atoms with van der Waals surface area (Å²) in [4.78, 5) is 0.378. The van der Waals surface area contributed by atoms with E-state index in [4.69, 9.17) is 0 Å². The van der Waals surface area contributed by atoms with Crippen LogP contribution in [0, 0.1) is 0 Å². The second kappa shape index (κ2) is 8.21. The molecule has 2 aromatic carbocycles. The molecule has 0 bridgehead atoms. The third kappa shape index (κ3) is 4.27. The SMILES string of the molecule is CC(C)c1cc(C(C)C)c(S(=O)(=O)N[C@@H]2c3ccccc3C[C@@H]2O)c(C(C)C)c1. The minimum absolute atomic E-state index is 0.0681. The molecule has 0 aliphatic heterocycles. The number of sulfonamides is 1. The van der Waals surface area contributed by atoms with Gasteiger partial charge in [-0.05, 0) is 45.6 Å². The first-order chi connectivity index (χ1) is 13.5. The first-order valence-corrected chi connectivity index (χ1v) is 12.0. The monoisotopic (exact) mass is 415 g/mol. The zero-order valence-corrected chi connectivity index (χ0v) is 19.0. The molecule has 0 aromatic heterocycles. The summed E-state index contributed by atoms with van der Waals surface area (Å²) in [6.45, 7) is 12.4. The molecule has 0 saturated carbocycles. The highest BCUT2D eigenvalue weighted by Gasteiger charge is 2.36. The molecule has 1 aliphatic rings. The quantitative estimate of drug-likeness (QED) is 0.698. The topological polar surface area (TPSA) is 66.4 Å². The predicted molar refractivity (Wildman–Crippen MR) is 118 cm³/mol. The fourth-order valence-corrected chi connectivity index (χ4v) is 6.09. The number of hydrogen-bond acceptors (Lipinski definition) is 3. The van der Waals surface area contributed by atoms with E-state index in [0.29, 0.717) is 17.2 Å². The van der Waals surface area contributed by atoms with Crippen LogP contribution < -0.4 is 4.72 Å². The molecule has 2 N–H and O–H groups in total. The van der Waals surface area contributed by atoms with Crippen LogP contribution in [0.25, 0.3) is 0 Å². The van der Waals surface area contributed by atoms with Crippen molar-refractivity contribution in [2.45, 2.75) is 82.8 Å². The van der Waals surface area contributed by atoms with Gasteiger partial charge in [-0.3, -0.25) is 0 Å². The Balaban J connectivity index is 2.13. The van der Waals surface area contributed by atoms with Gasteiger partial charge in [0.05, 0.1) is 17.0 Å². The van der Waals surface area contributed by atoms with E-state index in [1.54, 1.807) is 0 Å². The van der Waals surface area contributed by atoms with Gasteiger partial charge in [-0.2, -0.15) is 0 Å². The number of benzene rings is 2. The minimum Gasteiger partial charge on any atom is -0.391 e. The van der Waals surface area contributed by atoms with Crippen LogP contribution in [0.15, 0.2) is 41.3 Å². The molecule has 0 unspecified atom stereocenters. The van der Waals surface area contributed by atoms with Gasteiger partial charge in [0, 0.05) is 6.42 Å². The van der Waals surface area contributed by atoms with Crippen molar-refractivity contribution in [1.29, 1.82) is 0 Å². The van der Waals surface area contributed by atoms with Gasteiger partial charge in [0.1, 0.15) is 0 Å². The van der Waals surface area contributed by atoms with Gasteiger partial charge in [-0.1, -0.05) is 77.9 Å². The van der Waals surface area contributed by atoms with Crippen molar-refractivity contribution in [3.63, 3.8) is 0 Å². The number of rotatable bonds is 6. The zero-order valence-electron chi connectivity index (χ0n) is 18.2. The summed E-state index contributed by atoms with van der Waals surface area (Å²) >= 11 is 0. The molecule has 0 saturated heterocycles. The van der Waals surface area contributed by atoms with Gasteiger partial charge in [0.25, 0.3) is 0 Å².